The lowest BCUT2D eigenvalue weighted by Gasteiger charge is -2.29. The molecule has 1 aliphatic rings. The van der Waals surface area contributed by atoms with E-state index in [1.807, 2.05) is 6.07 Å². The normalized spacial score (nSPS) is 18.1. The predicted octanol–water partition coefficient (Wildman–Crippen LogP) is 1.53. The van der Waals surface area contributed by atoms with Gasteiger partial charge in [-0.15, -0.1) is 0 Å². The minimum Gasteiger partial charge on any atom is -0.504 e. The molecule has 2 rings (SSSR count). The summed E-state index contributed by atoms with van der Waals surface area (Å²) in [4.78, 5) is 2.37. The lowest BCUT2D eigenvalue weighted by molar-refractivity contribution is 0.216. The molecule has 0 bridgehead atoms. The highest BCUT2D eigenvalue weighted by atomic mass is 16.3. The Kier molecular flexibility index (Phi) is 4.44. The molecule has 0 atom stereocenters. The summed E-state index contributed by atoms with van der Waals surface area (Å²) in [6.45, 7) is 4.13. The topological polar surface area (TPSA) is 55.7 Å². The first-order valence-electron chi connectivity index (χ1n) is 6.55. The van der Waals surface area contributed by atoms with Crippen molar-refractivity contribution in [3.63, 3.8) is 0 Å². The van der Waals surface area contributed by atoms with Crippen molar-refractivity contribution in [2.24, 2.45) is 5.92 Å². The van der Waals surface area contributed by atoms with Gasteiger partial charge in [-0.05, 0) is 63.1 Å². The van der Waals surface area contributed by atoms with Crippen LogP contribution in [0.2, 0.25) is 0 Å². The van der Waals surface area contributed by atoms with Gasteiger partial charge in [0.2, 0.25) is 0 Å². The predicted molar refractivity (Wildman–Crippen MR) is 71.7 cm³/mol. The maximum atomic E-state index is 9.39. The molecule has 0 amide bonds. The number of rotatable bonds is 4. The lowest BCUT2D eigenvalue weighted by atomic mass is 9.97. The number of hydrogen-bond donors (Lipinski definition) is 3. The van der Waals surface area contributed by atoms with E-state index in [2.05, 4.69) is 17.3 Å². The van der Waals surface area contributed by atoms with Crippen molar-refractivity contribution in [2.45, 2.75) is 19.4 Å². The maximum absolute atomic E-state index is 9.39. The largest absolute Gasteiger partial charge is 0.504 e. The monoisotopic (exact) mass is 250 g/mol. The van der Waals surface area contributed by atoms with Gasteiger partial charge in [-0.25, -0.2) is 0 Å². The van der Waals surface area contributed by atoms with Crippen LogP contribution < -0.4 is 5.32 Å². The van der Waals surface area contributed by atoms with Gasteiger partial charge >= 0.3 is 0 Å². The second kappa shape index (κ2) is 6.07. The molecular weight excluding hydrogens is 228 g/mol. The van der Waals surface area contributed by atoms with Gasteiger partial charge in [0, 0.05) is 6.54 Å². The zero-order valence-electron chi connectivity index (χ0n) is 10.9. The summed E-state index contributed by atoms with van der Waals surface area (Å²) in [6, 6.07) is 4.97. The van der Waals surface area contributed by atoms with Crippen LogP contribution in [0.4, 0.5) is 0 Å². The number of likely N-dealkylation sites (tertiary alicyclic amines) is 1. The third-order valence-electron chi connectivity index (χ3n) is 3.64. The van der Waals surface area contributed by atoms with E-state index < -0.39 is 0 Å². The SMILES string of the molecule is CN1CCC(CNCc2ccc(O)c(O)c2)CC1. The van der Waals surface area contributed by atoms with Crippen molar-refractivity contribution in [3.05, 3.63) is 23.8 Å². The summed E-state index contributed by atoms with van der Waals surface area (Å²) in [7, 11) is 2.17. The molecule has 100 valence electrons. The Morgan fingerprint density at radius 1 is 1.22 bits per heavy atom. The third-order valence-corrected chi connectivity index (χ3v) is 3.64. The van der Waals surface area contributed by atoms with Gasteiger partial charge in [-0.3, -0.25) is 0 Å². The first kappa shape index (κ1) is 13.2. The Balaban J connectivity index is 1.73. The zero-order valence-corrected chi connectivity index (χ0v) is 10.9. The molecule has 0 aromatic heterocycles. The van der Waals surface area contributed by atoms with E-state index in [1.165, 1.54) is 32.0 Å². The van der Waals surface area contributed by atoms with Crippen molar-refractivity contribution >= 4 is 0 Å². The third kappa shape index (κ3) is 3.62. The summed E-state index contributed by atoms with van der Waals surface area (Å²) >= 11 is 0. The van der Waals surface area contributed by atoms with Gasteiger partial charge in [-0.2, -0.15) is 0 Å². The lowest BCUT2D eigenvalue weighted by Crippen LogP contribution is -2.34. The number of piperidine rings is 1. The molecule has 0 spiro atoms. The standard InChI is InChI=1S/C14H22N2O2/c1-16-6-4-11(5-7-16)9-15-10-12-2-3-13(17)14(18)8-12/h2-3,8,11,15,17-18H,4-7,9-10H2,1H3. The summed E-state index contributed by atoms with van der Waals surface area (Å²) in [5.74, 6) is 0.648. The van der Waals surface area contributed by atoms with Crippen LogP contribution in [-0.2, 0) is 6.54 Å². The molecule has 1 heterocycles. The zero-order chi connectivity index (χ0) is 13.0. The van der Waals surface area contributed by atoms with Gasteiger partial charge in [0.05, 0.1) is 0 Å². The Hall–Kier alpha value is -1.26. The van der Waals surface area contributed by atoms with Crippen molar-refractivity contribution in [3.8, 4) is 11.5 Å². The van der Waals surface area contributed by atoms with Crippen LogP contribution in [0.1, 0.15) is 18.4 Å². The van der Waals surface area contributed by atoms with Crippen molar-refractivity contribution in [2.75, 3.05) is 26.7 Å². The number of phenolic OH excluding ortho intramolecular Hbond substituents is 2. The summed E-state index contributed by atoms with van der Waals surface area (Å²) < 4.78 is 0. The number of phenols is 2. The van der Waals surface area contributed by atoms with Gasteiger partial charge in [0.15, 0.2) is 11.5 Å². The average Bonchev–Trinajstić information content (AvgIpc) is 2.36. The van der Waals surface area contributed by atoms with E-state index in [-0.39, 0.29) is 11.5 Å². The van der Waals surface area contributed by atoms with E-state index in [0.717, 1.165) is 24.6 Å². The number of nitrogens with zero attached hydrogens (tertiary/aromatic N) is 1. The molecule has 1 saturated heterocycles. The molecule has 0 radical (unpaired) electrons. The molecule has 4 nitrogen and oxygen atoms in total. The van der Waals surface area contributed by atoms with Crippen molar-refractivity contribution < 1.29 is 10.2 Å². The number of aromatic hydroxyl groups is 2. The maximum Gasteiger partial charge on any atom is 0.157 e. The highest BCUT2D eigenvalue weighted by Gasteiger charge is 2.15. The first-order chi connectivity index (χ1) is 8.65. The van der Waals surface area contributed by atoms with Crippen LogP contribution in [0.15, 0.2) is 18.2 Å². The Morgan fingerprint density at radius 3 is 2.61 bits per heavy atom. The molecule has 0 aliphatic carbocycles. The quantitative estimate of drug-likeness (QED) is 0.709. The molecule has 4 heteroatoms. The smallest absolute Gasteiger partial charge is 0.157 e. The highest BCUT2D eigenvalue weighted by Crippen LogP contribution is 2.24. The van der Waals surface area contributed by atoms with Crippen LogP contribution in [-0.4, -0.2) is 41.8 Å². The van der Waals surface area contributed by atoms with Gasteiger partial charge in [-0.1, -0.05) is 6.07 Å². The van der Waals surface area contributed by atoms with E-state index >= 15 is 0 Å². The Bertz CT molecular complexity index is 387. The molecule has 1 aliphatic heterocycles. The van der Waals surface area contributed by atoms with Crippen molar-refractivity contribution in [1.29, 1.82) is 0 Å². The van der Waals surface area contributed by atoms with Crippen LogP contribution in [0.3, 0.4) is 0 Å². The molecule has 1 aromatic carbocycles. The Labute approximate surface area is 108 Å². The van der Waals surface area contributed by atoms with E-state index in [0.29, 0.717) is 0 Å². The fourth-order valence-electron chi connectivity index (χ4n) is 2.37. The molecule has 0 saturated carbocycles. The minimum atomic E-state index is -0.0610. The van der Waals surface area contributed by atoms with Gasteiger partial charge < -0.3 is 20.4 Å². The van der Waals surface area contributed by atoms with Crippen molar-refractivity contribution in [1.82, 2.24) is 10.2 Å². The average molecular weight is 250 g/mol. The van der Waals surface area contributed by atoms with E-state index in [9.17, 15) is 10.2 Å². The van der Waals surface area contributed by atoms with Crippen LogP contribution in [0, 0.1) is 5.92 Å². The summed E-state index contributed by atoms with van der Waals surface area (Å²) in [6.07, 6.45) is 2.51. The molecule has 18 heavy (non-hydrogen) atoms. The van der Waals surface area contributed by atoms with E-state index in [4.69, 9.17) is 0 Å². The molecule has 1 aromatic rings. The summed E-state index contributed by atoms with van der Waals surface area (Å²) in [5, 5.41) is 22.0. The van der Waals surface area contributed by atoms with Crippen LogP contribution in [0.25, 0.3) is 0 Å². The van der Waals surface area contributed by atoms with Gasteiger partial charge in [0.1, 0.15) is 0 Å². The number of nitrogens with one attached hydrogen (secondary N) is 1. The number of hydrogen-bond acceptors (Lipinski definition) is 4. The summed E-state index contributed by atoms with van der Waals surface area (Å²) in [5.41, 5.74) is 0.998. The molecule has 0 unspecified atom stereocenters. The highest BCUT2D eigenvalue weighted by molar-refractivity contribution is 5.40. The second-order valence-electron chi connectivity index (χ2n) is 5.20. The fraction of sp³-hybridized carbons (Fsp3) is 0.571. The minimum absolute atomic E-state index is 0.0476. The Morgan fingerprint density at radius 2 is 1.94 bits per heavy atom. The molecule has 1 fully saturated rings. The van der Waals surface area contributed by atoms with Gasteiger partial charge in [0.25, 0.3) is 0 Å². The number of benzene rings is 1. The second-order valence-corrected chi connectivity index (χ2v) is 5.20. The molecular formula is C14H22N2O2. The van der Waals surface area contributed by atoms with Crippen LogP contribution >= 0.6 is 0 Å². The van der Waals surface area contributed by atoms with Crippen LogP contribution in [0.5, 0.6) is 11.5 Å². The molecule has 3 N–H and O–H groups in total. The first-order valence-corrected chi connectivity index (χ1v) is 6.55. The fourth-order valence-corrected chi connectivity index (χ4v) is 2.37. The van der Waals surface area contributed by atoms with E-state index in [1.54, 1.807) is 6.07 Å².